The van der Waals surface area contributed by atoms with E-state index < -0.39 is 23.7 Å². The van der Waals surface area contributed by atoms with Gasteiger partial charge in [0.15, 0.2) is 17.0 Å². The van der Waals surface area contributed by atoms with E-state index in [1.807, 2.05) is 13.8 Å². The second kappa shape index (κ2) is 13.3. The van der Waals surface area contributed by atoms with E-state index in [4.69, 9.17) is 0 Å². The normalized spacial score (nSPS) is 19.0. The Morgan fingerprint density at radius 2 is 1.81 bits per heavy atom. The summed E-state index contributed by atoms with van der Waals surface area (Å²) in [5.41, 5.74) is 0.572. The summed E-state index contributed by atoms with van der Waals surface area (Å²) in [7, 11) is 3.49. The molecule has 1 atom stereocenters. The number of halogens is 3. The number of nitrogens with zero attached hydrogens (tertiary/aromatic N) is 8. The number of aryl methyl sites for hydroxylation is 2. The maximum atomic E-state index is 13.8. The number of amides is 4. The van der Waals surface area contributed by atoms with Gasteiger partial charge in [0.25, 0.3) is 11.8 Å². The third-order valence-corrected chi connectivity index (χ3v) is 8.69. The van der Waals surface area contributed by atoms with Gasteiger partial charge in [-0.25, -0.2) is 9.50 Å². The van der Waals surface area contributed by atoms with Crippen LogP contribution < -0.4 is 5.32 Å². The van der Waals surface area contributed by atoms with Crippen LogP contribution in [0.15, 0.2) is 12.1 Å². The molecule has 3 aromatic heterocycles. The van der Waals surface area contributed by atoms with Crippen LogP contribution in [-0.2, 0) is 35.7 Å². The van der Waals surface area contributed by atoms with Crippen LogP contribution in [0.1, 0.15) is 76.7 Å². The van der Waals surface area contributed by atoms with Crippen LogP contribution in [-0.4, -0.2) is 109 Å². The molecule has 3 aromatic rings. The maximum Gasteiger partial charge on any atom is 0.433 e. The molecule has 47 heavy (non-hydrogen) atoms. The molecule has 0 saturated heterocycles. The Morgan fingerprint density at radius 1 is 1.06 bits per heavy atom. The lowest BCUT2D eigenvalue weighted by atomic mass is 9.90. The minimum atomic E-state index is -4.73. The second-order valence-corrected chi connectivity index (χ2v) is 12.7. The van der Waals surface area contributed by atoms with Crippen molar-refractivity contribution >= 4 is 29.3 Å². The third-order valence-electron chi connectivity index (χ3n) is 8.69. The fraction of sp³-hybridized carbons (Fsp3) is 0.581. The van der Waals surface area contributed by atoms with Gasteiger partial charge in [-0.05, 0) is 44.6 Å². The first-order chi connectivity index (χ1) is 22.1. The van der Waals surface area contributed by atoms with Crippen molar-refractivity contribution < 1.29 is 32.3 Å². The van der Waals surface area contributed by atoms with Gasteiger partial charge >= 0.3 is 6.18 Å². The van der Waals surface area contributed by atoms with E-state index in [0.29, 0.717) is 30.3 Å². The van der Waals surface area contributed by atoms with Crippen LogP contribution in [0.4, 0.5) is 13.2 Å². The zero-order chi connectivity index (χ0) is 34.2. The summed E-state index contributed by atoms with van der Waals surface area (Å²) in [5.74, 6) is -1.46. The molecule has 1 N–H and O–H groups in total. The summed E-state index contributed by atoms with van der Waals surface area (Å²) in [5, 5.41) is 11.2. The number of carbonyl (C=O) groups excluding carboxylic acids is 4. The first-order valence-electron chi connectivity index (χ1n) is 15.7. The van der Waals surface area contributed by atoms with Crippen molar-refractivity contribution in [2.75, 3.05) is 39.8 Å². The van der Waals surface area contributed by atoms with E-state index >= 15 is 0 Å². The zero-order valence-electron chi connectivity index (χ0n) is 27.2. The highest BCUT2D eigenvalue weighted by molar-refractivity contribution is 5.95. The molecule has 0 radical (unpaired) electrons. The van der Waals surface area contributed by atoms with E-state index in [9.17, 15) is 32.3 Å². The van der Waals surface area contributed by atoms with E-state index in [1.54, 1.807) is 23.7 Å². The lowest BCUT2D eigenvalue weighted by Gasteiger charge is -2.34. The first-order valence-corrected chi connectivity index (χ1v) is 15.7. The van der Waals surface area contributed by atoms with Crippen molar-refractivity contribution in [3.05, 3.63) is 46.2 Å². The number of alkyl halides is 3. The number of rotatable bonds is 3. The van der Waals surface area contributed by atoms with Crippen molar-refractivity contribution in [3.63, 3.8) is 0 Å². The average Bonchev–Trinajstić information content (AvgIpc) is 3.58. The predicted octanol–water partition coefficient (Wildman–Crippen LogP) is 2.26. The molecule has 13 nitrogen and oxygen atoms in total. The Morgan fingerprint density at radius 3 is 2.51 bits per heavy atom. The Bertz CT molecular complexity index is 1700. The Hall–Kier alpha value is -4.50. The minimum absolute atomic E-state index is 0.000197. The molecule has 4 amide bonds. The van der Waals surface area contributed by atoms with Gasteiger partial charge in [0, 0.05) is 75.8 Å². The molecule has 0 aromatic carbocycles. The molecular weight excluding hydrogens is 619 g/mol. The molecule has 1 aliphatic heterocycles. The highest BCUT2D eigenvalue weighted by Crippen LogP contribution is 2.30. The van der Waals surface area contributed by atoms with Gasteiger partial charge in [-0.2, -0.15) is 23.4 Å². The van der Waals surface area contributed by atoms with Crippen LogP contribution in [0.25, 0.3) is 5.65 Å². The van der Waals surface area contributed by atoms with E-state index in [2.05, 4.69) is 20.5 Å². The molecule has 1 unspecified atom stereocenters. The van der Waals surface area contributed by atoms with Crippen molar-refractivity contribution in [1.82, 2.24) is 44.4 Å². The number of likely N-dealkylation sites (N-methyl/N-ethyl adjacent to an activating group) is 1. The standard InChI is InChI=1S/C31H40F3N9O4/c1-18(2)16-42-17-27(45)39(4)20-8-9-23-21(14-20)28(38-40(23)5)29(46)35-10-12-41(11-6-7-26(42)44)30(47)22-15-25-36-19(3)13-24(31(32,33)34)43(25)37-22/h13,15,18,20H,6-12,14,16-17H2,1-5H3,(H,35,46). The van der Waals surface area contributed by atoms with Crippen LogP contribution in [0.2, 0.25) is 0 Å². The summed E-state index contributed by atoms with van der Waals surface area (Å²) in [6, 6.07) is 1.88. The third kappa shape index (κ3) is 7.25. The number of carbonyl (C=O) groups is 4. The SMILES string of the molecule is Cc1cc(C(F)(F)F)n2nc(C(=O)N3CCCC(=O)N(CC(C)C)CC(=O)N(C)C4CCc5c(c(nn5C)C(=O)NCC3)C4)cc2n1. The summed E-state index contributed by atoms with van der Waals surface area (Å²) in [4.78, 5) is 62.6. The topological polar surface area (TPSA) is 138 Å². The number of nitrogens with one attached hydrogen (secondary N) is 1. The van der Waals surface area contributed by atoms with Crippen LogP contribution in [0.3, 0.4) is 0 Å². The van der Waals surface area contributed by atoms with Crippen molar-refractivity contribution in [1.29, 1.82) is 0 Å². The molecule has 1 aliphatic carbocycles. The predicted molar refractivity (Wildman–Crippen MR) is 163 cm³/mol. The van der Waals surface area contributed by atoms with Crippen molar-refractivity contribution in [2.45, 2.75) is 65.1 Å². The molecular formula is C31H40F3N9O4. The summed E-state index contributed by atoms with van der Waals surface area (Å²) in [6.45, 7) is 5.67. The van der Waals surface area contributed by atoms with Gasteiger partial charge in [-0.1, -0.05) is 13.8 Å². The molecule has 254 valence electrons. The molecule has 16 heteroatoms. The number of hydrogen-bond donors (Lipinski definition) is 1. The van der Waals surface area contributed by atoms with E-state index in [1.165, 1.54) is 22.8 Å². The lowest BCUT2D eigenvalue weighted by molar-refractivity contribution is -0.142. The van der Waals surface area contributed by atoms with Gasteiger partial charge in [-0.15, -0.1) is 0 Å². The fourth-order valence-electron chi connectivity index (χ4n) is 6.31. The molecule has 2 aliphatic rings. The van der Waals surface area contributed by atoms with Crippen LogP contribution >= 0.6 is 0 Å². The number of hydrogen-bond acceptors (Lipinski definition) is 7. The summed E-state index contributed by atoms with van der Waals surface area (Å²) in [6.07, 6.45) is -2.74. The molecule has 4 heterocycles. The molecule has 2 bridgehead atoms. The minimum Gasteiger partial charge on any atom is -0.349 e. The highest BCUT2D eigenvalue weighted by atomic mass is 19.4. The summed E-state index contributed by atoms with van der Waals surface area (Å²) >= 11 is 0. The Kier molecular flexibility index (Phi) is 9.59. The average molecular weight is 660 g/mol. The molecule has 5 rings (SSSR count). The van der Waals surface area contributed by atoms with Crippen LogP contribution in [0, 0.1) is 12.8 Å². The monoisotopic (exact) mass is 659 g/mol. The van der Waals surface area contributed by atoms with E-state index in [0.717, 1.165) is 17.3 Å². The largest absolute Gasteiger partial charge is 0.433 e. The quantitative estimate of drug-likeness (QED) is 0.456. The number of aromatic nitrogens is 5. The van der Waals surface area contributed by atoms with Gasteiger partial charge in [-0.3, -0.25) is 23.9 Å². The highest BCUT2D eigenvalue weighted by Gasteiger charge is 2.36. The summed E-state index contributed by atoms with van der Waals surface area (Å²) < 4.78 is 43.5. The van der Waals surface area contributed by atoms with Gasteiger partial charge < -0.3 is 20.0 Å². The Labute approximate surface area is 270 Å². The second-order valence-electron chi connectivity index (χ2n) is 12.7. The number of fused-ring (bicyclic) bond motifs is 2. The van der Waals surface area contributed by atoms with Crippen LogP contribution in [0.5, 0.6) is 0 Å². The van der Waals surface area contributed by atoms with E-state index in [-0.39, 0.29) is 85.5 Å². The Balaban J connectivity index is 1.45. The molecule has 0 fully saturated rings. The zero-order valence-corrected chi connectivity index (χ0v) is 27.2. The van der Waals surface area contributed by atoms with Gasteiger partial charge in [0.2, 0.25) is 11.8 Å². The maximum absolute atomic E-state index is 13.8. The molecule has 0 spiro atoms. The smallest absolute Gasteiger partial charge is 0.349 e. The molecule has 0 saturated carbocycles. The fourth-order valence-corrected chi connectivity index (χ4v) is 6.31. The van der Waals surface area contributed by atoms with Crippen molar-refractivity contribution in [2.24, 2.45) is 13.0 Å². The van der Waals surface area contributed by atoms with Gasteiger partial charge in [0.05, 0.1) is 6.54 Å². The lowest BCUT2D eigenvalue weighted by Crippen LogP contribution is -2.47. The first kappa shape index (κ1) is 33.9. The van der Waals surface area contributed by atoms with Gasteiger partial charge in [0.1, 0.15) is 5.69 Å². The van der Waals surface area contributed by atoms with Crippen molar-refractivity contribution in [3.8, 4) is 0 Å².